The molecular formula is C19H23ClN2O4S2. The van der Waals surface area contributed by atoms with Crippen molar-refractivity contribution in [2.45, 2.75) is 25.8 Å². The van der Waals surface area contributed by atoms with Crippen LogP contribution in [0.5, 0.6) is 0 Å². The van der Waals surface area contributed by atoms with Crippen LogP contribution in [0.4, 0.5) is 0 Å². The van der Waals surface area contributed by atoms with Gasteiger partial charge in [0.25, 0.3) is 5.91 Å². The fraction of sp³-hybridized carbons (Fsp3) is 0.474. The van der Waals surface area contributed by atoms with Crippen LogP contribution in [-0.2, 0) is 14.6 Å². The highest BCUT2D eigenvalue weighted by Gasteiger charge is 2.35. The monoisotopic (exact) mass is 442 g/mol. The molecular weight excluding hydrogens is 420 g/mol. The van der Waals surface area contributed by atoms with Gasteiger partial charge in [0.15, 0.2) is 9.84 Å². The van der Waals surface area contributed by atoms with Crippen LogP contribution < -0.4 is 0 Å². The summed E-state index contributed by atoms with van der Waals surface area (Å²) < 4.78 is 29.0. The van der Waals surface area contributed by atoms with Crippen LogP contribution in [0, 0.1) is 6.92 Å². The molecule has 0 spiro atoms. The van der Waals surface area contributed by atoms with Crippen molar-refractivity contribution >= 4 is 38.7 Å². The molecule has 2 aromatic rings. The molecule has 1 saturated heterocycles. The van der Waals surface area contributed by atoms with Gasteiger partial charge < -0.3 is 9.64 Å². The van der Waals surface area contributed by atoms with Crippen molar-refractivity contribution in [1.29, 1.82) is 0 Å². The van der Waals surface area contributed by atoms with E-state index in [-0.39, 0.29) is 23.5 Å². The molecule has 1 amide bonds. The maximum Gasteiger partial charge on any atom is 0.266 e. The Balaban J connectivity index is 1.87. The summed E-state index contributed by atoms with van der Waals surface area (Å²) in [5, 5.41) is 1.33. The Bertz CT molecular complexity index is 959. The number of halogens is 1. The number of rotatable bonds is 7. The number of methoxy groups -OCH3 is 1. The third-order valence-electron chi connectivity index (χ3n) is 4.72. The minimum absolute atomic E-state index is 0.0186. The lowest BCUT2D eigenvalue weighted by Gasteiger charge is -2.28. The molecule has 3 rings (SSSR count). The first-order valence-electron chi connectivity index (χ1n) is 9.04. The number of hydrogen-bond acceptors (Lipinski definition) is 6. The van der Waals surface area contributed by atoms with E-state index < -0.39 is 9.84 Å². The van der Waals surface area contributed by atoms with Crippen molar-refractivity contribution in [2.24, 2.45) is 0 Å². The fourth-order valence-electron chi connectivity index (χ4n) is 3.32. The first kappa shape index (κ1) is 21.2. The van der Waals surface area contributed by atoms with Crippen molar-refractivity contribution in [3.63, 3.8) is 0 Å². The zero-order valence-corrected chi connectivity index (χ0v) is 18.2. The van der Waals surface area contributed by atoms with Crippen molar-refractivity contribution < 1.29 is 17.9 Å². The molecule has 0 radical (unpaired) electrons. The first-order valence-corrected chi connectivity index (χ1v) is 12.1. The molecule has 0 N–H and O–H groups in total. The van der Waals surface area contributed by atoms with Crippen LogP contribution in [0.3, 0.4) is 0 Å². The molecule has 0 saturated carbocycles. The summed E-state index contributed by atoms with van der Waals surface area (Å²) in [6.07, 6.45) is 1.12. The molecule has 1 aromatic carbocycles. The summed E-state index contributed by atoms with van der Waals surface area (Å²) >= 11 is 7.39. The molecule has 1 fully saturated rings. The summed E-state index contributed by atoms with van der Waals surface area (Å²) in [6.45, 7) is 2.77. The number of aryl methyl sites for hydroxylation is 1. The molecule has 6 nitrogen and oxygen atoms in total. The number of carbonyl (C=O) groups is 1. The lowest BCUT2D eigenvalue weighted by atomic mass is 10.2. The van der Waals surface area contributed by atoms with Crippen molar-refractivity contribution in [2.75, 3.05) is 31.8 Å². The Hall–Kier alpha value is -1.48. The largest absolute Gasteiger partial charge is 0.385 e. The van der Waals surface area contributed by atoms with Gasteiger partial charge in [-0.1, -0.05) is 23.7 Å². The quantitative estimate of drug-likeness (QED) is 0.614. The standard InChI is InChI=1S/C19H23ClN2O4S2/c1-13-17(27-18(21-13)14-5-3-6-15(20)11-14)19(23)22(8-4-9-26-2)16-7-10-28(24,25)12-16/h3,5-6,11,16H,4,7-10,12H2,1-2H3. The van der Waals surface area contributed by atoms with E-state index in [1.165, 1.54) is 11.3 Å². The van der Waals surface area contributed by atoms with Gasteiger partial charge in [-0.3, -0.25) is 4.79 Å². The van der Waals surface area contributed by atoms with Crippen molar-refractivity contribution in [3.8, 4) is 10.6 Å². The van der Waals surface area contributed by atoms with Crippen LogP contribution in [0.1, 0.15) is 28.2 Å². The maximum atomic E-state index is 13.3. The van der Waals surface area contributed by atoms with Gasteiger partial charge in [0.2, 0.25) is 0 Å². The van der Waals surface area contributed by atoms with Gasteiger partial charge in [-0.25, -0.2) is 13.4 Å². The number of sulfone groups is 1. The molecule has 2 heterocycles. The van der Waals surface area contributed by atoms with Crippen LogP contribution in [0.2, 0.25) is 5.02 Å². The third-order valence-corrected chi connectivity index (χ3v) is 7.90. The second-order valence-electron chi connectivity index (χ2n) is 6.85. The maximum absolute atomic E-state index is 13.3. The molecule has 1 aliphatic rings. The Labute approximate surface area is 174 Å². The second kappa shape index (κ2) is 8.90. The molecule has 9 heteroatoms. The number of nitrogens with zero attached hydrogens (tertiary/aromatic N) is 2. The predicted molar refractivity (Wildman–Crippen MR) is 112 cm³/mol. The van der Waals surface area contributed by atoms with Crippen molar-refractivity contribution in [3.05, 3.63) is 39.9 Å². The number of ether oxygens (including phenoxy) is 1. The zero-order valence-electron chi connectivity index (χ0n) is 15.9. The van der Waals surface area contributed by atoms with Gasteiger partial charge in [-0.15, -0.1) is 11.3 Å². The minimum atomic E-state index is -3.09. The molecule has 152 valence electrons. The number of benzene rings is 1. The Morgan fingerprint density at radius 1 is 1.43 bits per heavy atom. The Morgan fingerprint density at radius 3 is 2.86 bits per heavy atom. The summed E-state index contributed by atoms with van der Waals surface area (Å²) in [4.78, 5) is 20.1. The number of carbonyl (C=O) groups excluding carboxylic acids is 1. The summed E-state index contributed by atoms with van der Waals surface area (Å²) in [7, 11) is -1.48. The van der Waals surface area contributed by atoms with E-state index in [0.717, 1.165) is 10.6 Å². The van der Waals surface area contributed by atoms with Crippen LogP contribution in [-0.4, -0.2) is 62.0 Å². The normalized spacial score (nSPS) is 18.3. The molecule has 0 bridgehead atoms. The SMILES string of the molecule is COCCCN(C(=O)c1sc(-c2cccc(Cl)c2)nc1C)C1CCS(=O)(=O)C1. The Morgan fingerprint density at radius 2 is 2.21 bits per heavy atom. The summed E-state index contributed by atoms with van der Waals surface area (Å²) in [5.74, 6) is -0.0206. The number of thiazole rings is 1. The van der Waals surface area contributed by atoms with Gasteiger partial charge in [0, 0.05) is 36.9 Å². The van der Waals surface area contributed by atoms with Crippen molar-refractivity contribution in [1.82, 2.24) is 9.88 Å². The third kappa shape index (κ3) is 4.92. The topological polar surface area (TPSA) is 76.6 Å². The van der Waals surface area contributed by atoms with E-state index in [1.54, 1.807) is 25.0 Å². The van der Waals surface area contributed by atoms with E-state index in [2.05, 4.69) is 4.98 Å². The van der Waals surface area contributed by atoms with E-state index in [0.29, 0.717) is 41.6 Å². The molecule has 1 unspecified atom stereocenters. The number of aromatic nitrogens is 1. The first-order chi connectivity index (χ1) is 13.3. The lowest BCUT2D eigenvalue weighted by Crippen LogP contribution is -2.42. The molecule has 0 aliphatic carbocycles. The van der Waals surface area contributed by atoms with E-state index >= 15 is 0 Å². The van der Waals surface area contributed by atoms with Crippen LogP contribution in [0.15, 0.2) is 24.3 Å². The highest BCUT2D eigenvalue weighted by Crippen LogP contribution is 2.31. The van der Waals surface area contributed by atoms with Gasteiger partial charge in [0.05, 0.1) is 17.2 Å². The predicted octanol–water partition coefficient (Wildman–Crippen LogP) is 3.44. The van der Waals surface area contributed by atoms with E-state index in [9.17, 15) is 13.2 Å². The number of hydrogen-bond donors (Lipinski definition) is 0. The molecule has 28 heavy (non-hydrogen) atoms. The Kier molecular flexibility index (Phi) is 6.75. The summed E-state index contributed by atoms with van der Waals surface area (Å²) in [6, 6.07) is 7.05. The van der Waals surface area contributed by atoms with Crippen LogP contribution in [0.25, 0.3) is 10.6 Å². The highest BCUT2D eigenvalue weighted by molar-refractivity contribution is 7.91. The number of amides is 1. The van der Waals surface area contributed by atoms with Gasteiger partial charge >= 0.3 is 0 Å². The summed E-state index contributed by atoms with van der Waals surface area (Å²) in [5.41, 5.74) is 1.50. The van der Waals surface area contributed by atoms with Gasteiger partial charge in [-0.2, -0.15) is 0 Å². The van der Waals surface area contributed by atoms with Gasteiger partial charge in [0.1, 0.15) is 9.88 Å². The van der Waals surface area contributed by atoms with Gasteiger partial charge in [-0.05, 0) is 31.9 Å². The van der Waals surface area contributed by atoms with E-state index in [4.69, 9.17) is 16.3 Å². The van der Waals surface area contributed by atoms with E-state index in [1.807, 2.05) is 18.2 Å². The highest BCUT2D eigenvalue weighted by atomic mass is 35.5. The minimum Gasteiger partial charge on any atom is -0.385 e. The molecule has 1 aromatic heterocycles. The second-order valence-corrected chi connectivity index (χ2v) is 10.5. The lowest BCUT2D eigenvalue weighted by molar-refractivity contribution is 0.0678. The molecule has 1 atom stereocenters. The average Bonchev–Trinajstić information content (AvgIpc) is 3.20. The van der Waals surface area contributed by atoms with Crippen LogP contribution >= 0.6 is 22.9 Å². The average molecular weight is 443 g/mol. The fourth-order valence-corrected chi connectivity index (χ4v) is 6.26. The smallest absolute Gasteiger partial charge is 0.266 e. The molecule has 1 aliphatic heterocycles. The zero-order chi connectivity index (χ0) is 20.3.